The molecule has 0 spiro atoms. The standard InChI is InChI=1S/2C19H24O5S.Ca/c2*1-2-3-4-5-6-8-15-11-13-16(14-12-15)24-17-9-7-10-18(19(17)20)25(21,22)23;/h2*7,9-14,20H,2-6,8H2,1H3,(H,21,22,23);/q;;+2/p-2. The third-order valence-corrected chi connectivity index (χ3v) is 9.64. The SMILES string of the molecule is CCCCCCCc1ccc(Oc2cccc(S(=O)(=O)O)c2O)cc1.CCCCCCCc1ccc(Oc2cccc(S(=O)(=O)[O-])c2[O-])cc1.[Ca+2]. The van der Waals surface area contributed by atoms with Gasteiger partial charge in [-0.2, -0.15) is 8.42 Å². The summed E-state index contributed by atoms with van der Waals surface area (Å²) in [6.07, 6.45) is 14.2. The Bertz CT molecular complexity index is 1710. The van der Waals surface area contributed by atoms with Gasteiger partial charge in [-0.25, -0.2) is 8.42 Å². The Balaban J connectivity index is 0.000000347. The van der Waals surface area contributed by atoms with Crippen LogP contribution in [0.3, 0.4) is 0 Å². The van der Waals surface area contributed by atoms with Crippen molar-refractivity contribution >= 4 is 58.0 Å². The molecule has 4 aromatic rings. The van der Waals surface area contributed by atoms with Crippen molar-refractivity contribution in [3.8, 4) is 34.5 Å². The van der Waals surface area contributed by atoms with E-state index in [0.29, 0.717) is 11.5 Å². The zero-order valence-corrected chi connectivity index (χ0v) is 33.1. The van der Waals surface area contributed by atoms with Gasteiger partial charge in [0.2, 0.25) is 0 Å². The Morgan fingerprint density at radius 3 is 1.43 bits per heavy atom. The number of phenolic OH excluding ortho intramolecular Hbond substituents is 1. The van der Waals surface area contributed by atoms with E-state index in [4.69, 9.17) is 14.0 Å². The summed E-state index contributed by atoms with van der Waals surface area (Å²) in [5, 5.41) is 22.0. The van der Waals surface area contributed by atoms with E-state index in [1.165, 1.54) is 86.8 Å². The third kappa shape index (κ3) is 15.3. The van der Waals surface area contributed by atoms with Gasteiger partial charge in [0.25, 0.3) is 10.1 Å². The second-order valence-corrected chi connectivity index (χ2v) is 14.7. The summed E-state index contributed by atoms with van der Waals surface area (Å²) in [6, 6.07) is 22.4. The zero-order chi connectivity index (χ0) is 36.6. The summed E-state index contributed by atoms with van der Waals surface area (Å²) in [6.45, 7) is 4.39. The molecule has 0 aliphatic rings. The van der Waals surface area contributed by atoms with Gasteiger partial charge in [0.1, 0.15) is 32.3 Å². The molecule has 0 unspecified atom stereocenters. The topological polar surface area (TPSA) is 173 Å². The third-order valence-electron chi connectivity index (χ3n) is 7.89. The molecule has 0 aliphatic carbocycles. The fourth-order valence-corrected chi connectivity index (χ4v) is 6.30. The minimum atomic E-state index is -4.81. The maximum absolute atomic E-state index is 12.0. The van der Waals surface area contributed by atoms with Gasteiger partial charge in [-0.15, -0.1) is 0 Å². The molecule has 51 heavy (non-hydrogen) atoms. The first kappa shape index (κ1) is 44.3. The Morgan fingerprint density at radius 1 is 0.588 bits per heavy atom. The van der Waals surface area contributed by atoms with Crippen molar-refractivity contribution in [2.24, 2.45) is 0 Å². The molecule has 0 aromatic heterocycles. The summed E-state index contributed by atoms with van der Waals surface area (Å²) < 4.78 is 75.7. The second-order valence-electron chi connectivity index (χ2n) is 11.9. The molecule has 10 nitrogen and oxygen atoms in total. The summed E-state index contributed by atoms with van der Waals surface area (Å²) in [7, 11) is -9.32. The van der Waals surface area contributed by atoms with Crippen LogP contribution in [0.2, 0.25) is 0 Å². The first-order valence-corrected chi connectivity index (χ1v) is 19.8. The zero-order valence-electron chi connectivity index (χ0n) is 29.3. The van der Waals surface area contributed by atoms with Crippen molar-refractivity contribution in [2.45, 2.75) is 101 Å². The van der Waals surface area contributed by atoms with Gasteiger partial charge in [0.05, 0.1) is 4.90 Å². The molecule has 272 valence electrons. The average molecular weight is 767 g/mol. The number of unbranched alkanes of at least 4 members (excludes halogenated alkanes) is 8. The van der Waals surface area contributed by atoms with Crippen LogP contribution in [0, 0.1) is 0 Å². The van der Waals surface area contributed by atoms with E-state index < -0.39 is 41.5 Å². The van der Waals surface area contributed by atoms with Gasteiger partial charge in [-0.05, 0) is 91.1 Å². The van der Waals surface area contributed by atoms with Crippen LogP contribution in [-0.4, -0.2) is 68.8 Å². The van der Waals surface area contributed by atoms with Crippen LogP contribution in [0.4, 0.5) is 0 Å². The fraction of sp³-hybridized carbons (Fsp3) is 0.368. The summed E-state index contributed by atoms with van der Waals surface area (Å²) in [4.78, 5) is -1.37. The quantitative estimate of drug-likeness (QED) is 0.0568. The summed E-state index contributed by atoms with van der Waals surface area (Å²) in [5.74, 6) is -0.820. The Kier molecular flexibility index (Phi) is 19.4. The van der Waals surface area contributed by atoms with Crippen LogP contribution in [0.25, 0.3) is 0 Å². The van der Waals surface area contributed by atoms with Crippen LogP contribution >= 0.6 is 0 Å². The predicted molar refractivity (Wildman–Crippen MR) is 195 cm³/mol. The number of rotatable bonds is 18. The van der Waals surface area contributed by atoms with Crippen molar-refractivity contribution in [3.63, 3.8) is 0 Å². The number of para-hydroxylation sites is 2. The van der Waals surface area contributed by atoms with Crippen molar-refractivity contribution in [1.82, 2.24) is 0 Å². The van der Waals surface area contributed by atoms with E-state index in [-0.39, 0.29) is 49.2 Å². The summed E-state index contributed by atoms with van der Waals surface area (Å²) in [5.41, 5.74) is 2.39. The Morgan fingerprint density at radius 2 is 1.00 bits per heavy atom. The number of ether oxygens (including phenoxy) is 2. The normalized spacial score (nSPS) is 11.2. The molecule has 2 N–H and O–H groups in total. The van der Waals surface area contributed by atoms with Crippen molar-refractivity contribution < 1.29 is 45.6 Å². The van der Waals surface area contributed by atoms with E-state index in [1.807, 2.05) is 24.3 Å². The number of hydrogen-bond acceptors (Lipinski definition) is 9. The number of aryl methyl sites for hydroxylation is 2. The smallest absolute Gasteiger partial charge is 0.869 e. The van der Waals surface area contributed by atoms with Gasteiger partial charge in [0.15, 0.2) is 11.5 Å². The number of aromatic hydroxyl groups is 1. The minimum absolute atomic E-state index is 0. The van der Waals surface area contributed by atoms with Crippen molar-refractivity contribution in [3.05, 3.63) is 96.1 Å². The molecule has 4 rings (SSSR count). The molecule has 0 heterocycles. The predicted octanol–water partition coefficient (Wildman–Crippen LogP) is 8.53. The second kappa shape index (κ2) is 22.3. The van der Waals surface area contributed by atoms with E-state index in [9.17, 15) is 31.6 Å². The van der Waals surface area contributed by atoms with Crippen molar-refractivity contribution in [1.29, 1.82) is 0 Å². The van der Waals surface area contributed by atoms with Crippen molar-refractivity contribution in [2.75, 3.05) is 0 Å². The first-order chi connectivity index (χ1) is 23.8. The van der Waals surface area contributed by atoms with Gasteiger partial charge in [-0.3, -0.25) is 4.55 Å². The maximum atomic E-state index is 12.0. The monoisotopic (exact) mass is 766 g/mol. The molecule has 0 aliphatic heterocycles. The molecule has 0 saturated heterocycles. The van der Waals surface area contributed by atoms with Crippen LogP contribution in [-0.2, 0) is 33.1 Å². The van der Waals surface area contributed by atoms with E-state index in [1.54, 1.807) is 24.3 Å². The summed E-state index contributed by atoms with van der Waals surface area (Å²) >= 11 is 0. The van der Waals surface area contributed by atoms with Gasteiger partial charge >= 0.3 is 37.7 Å². The Hall–Kier alpha value is -2.84. The first-order valence-electron chi connectivity index (χ1n) is 16.9. The molecule has 0 amide bonds. The van der Waals surface area contributed by atoms with Gasteiger partial charge in [0, 0.05) is 0 Å². The molecule has 0 atom stereocenters. The van der Waals surface area contributed by atoms with Crippen LogP contribution in [0.1, 0.15) is 89.2 Å². The van der Waals surface area contributed by atoms with Gasteiger partial charge in [-0.1, -0.05) is 102 Å². The molecule has 13 heteroatoms. The molecular formula is C38H46CaO10S2. The molecule has 0 saturated carbocycles. The number of hydrogen-bond donors (Lipinski definition) is 2. The molecular weight excluding hydrogens is 721 g/mol. The molecule has 0 radical (unpaired) electrons. The Labute approximate surface area is 332 Å². The van der Waals surface area contributed by atoms with Gasteiger partial charge < -0.3 is 24.2 Å². The minimum Gasteiger partial charge on any atom is -0.869 e. The molecule has 4 aromatic carbocycles. The van der Waals surface area contributed by atoms with Crippen LogP contribution in [0.15, 0.2) is 94.7 Å². The fourth-order valence-electron chi connectivity index (χ4n) is 5.13. The van der Waals surface area contributed by atoms with Crippen LogP contribution < -0.4 is 14.6 Å². The number of benzene rings is 4. The average Bonchev–Trinajstić information content (AvgIpc) is 3.07. The van der Waals surface area contributed by atoms with E-state index >= 15 is 0 Å². The molecule has 0 bridgehead atoms. The van der Waals surface area contributed by atoms with E-state index in [2.05, 4.69) is 13.8 Å². The maximum Gasteiger partial charge on any atom is 2.00 e. The largest absolute Gasteiger partial charge is 2.00 e. The van der Waals surface area contributed by atoms with Crippen LogP contribution in [0.5, 0.6) is 34.5 Å². The molecule has 0 fully saturated rings. The van der Waals surface area contributed by atoms with E-state index in [0.717, 1.165) is 37.8 Å². The number of phenols is 1.